The molecule has 1 aliphatic rings. The van der Waals surface area contributed by atoms with Gasteiger partial charge in [-0.1, -0.05) is 18.2 Å². The van der Waals surface area contributed by atoms with Crippen molar-refractivity contribution >= 4 is 11.3 Å². The number of aromatic nitrogens is 2. The number of fused-ring (bicyclic) bond motifs is 1. The first-order valence-electron chi connectivity index (χ1n) is 9.50. The number of ether oxygens (including phenoxy) is 1. The zero-order valence-electron chi connectivity index (χ0n) is 15.9. The zero-order valence-corrected chi connectivity index (χ0v) is 16.7. The highest BCUT2D eigenvalue weighted by molar-refractivity contribution is 7.15. The highest BCUT2D eigenvalue weighted by Gasteiger charge is 2.18. The molecule has 0 fully saturated rings. The van der Waals surface area contributed by atoms with Crippen LogP contribution in [0.15, 0.2) is 34.7 Å². The van der Waals surface area contributed by atoms with Crippen LogP contribution >= 0.6 is 11.3 Å². The summed E-state index contributed by atoms with van der Waals surface area (Å²) in [6.45, 7) is 4.09. The Morgan fingerprint density at radius 1 is 1.19 bits per heavy atom. The lowest BCUT2D eigenvalue weighted by molar-refractivity contribution is 0.219. The lowest BCUT2D eigenvalue weighted by Crippen LogP contribution is -2.24. The number of hydrogen-bond acceptors (Lipinski definition) is 6. The van der Waals surface area contributed by atoms with Gasteiger partial charge in [-0.15, -0.1) is 21.5 Å². The molecule has 0 bridgehead atoms. The maximum atomic E-state index is 5.91. The Labute approximate surface area is 164 Å². The second-order valence-electron chi connectivity index (χ2n) is 7.12. The van der Waals surface area contributed by atoms with Crippen LogP contribution in [0.2, 0.25) is 0 Å². The Morgan fingerprint density at radius 2 is 2.04 bits per heavy atom. The molecule has 0 amide bonds. The summed E-state index contributed by atoms with van der Waals surface area (Å²) in [6, 6.07) is 10.3. The Morgan fingerprint density at radius 3 is 2.89 bits per heavy atom. The fraction of sp³-hybridized carbons (Fsp3) is 0.429. The molecule has 27 heavy (non-hydrogen) atoms. The smallest absolute Gasteiger partial charge is 0.257 e. The van der Waals surface area contributed by atoms with Crippen molar-refractivity contribution in [2.75, 3.05) is 20.2 Å². The van der Waals surface area contributed by atoms with E-state index >= 15 is 0 Å². The van der Waals surface area contributed by atoms with Crippen molar-refractivity contribution in [1.29, 1.82) is 0 Å². The van der Waals surface area contributed by atoms with Crippen LogP contribution in [-0.2, 0) is 19.4 Å². The molecule has 3 aromatic rings. The molecule has 0 aliphatic heterocycles. The van der Waals surface area contributed by atoms with Crippen molar-refractivity contribution in [1.82, 2.24) is 15.1 Å². The maximum Gasteiger partial charge on any atom is 0.257 e. The van der Waals surface area contributed by atoms with E-state index in [0.29, 0.717) is 24.9 Å². The van der Waals surface area contributed by atoms with Crippen molar-refractivity contribution in [2.45, 2.75) is 39.2 Å². The second-order valence-corrected chi connectivity index (χ2v) is 8.26. The van der Waals surface area contributed by atoms with E-state index in [1.54, 1.807) is 11.3 Å². The van der Waals surface area contributed by atoms with Crippen molar-refractivity contribution in [2.24, 2.45) is 0 Å². The first-order valence-corrected chi connectivity index (χ1v) is 10.3. The molecule has 0 atom stereocenters. The van der Waals surface area contributed by atoms with E-state index in [9.17, 15) is 0 Å². The van der Waals surface area contributed by atoms with Gasteiger partial charge in [0.05, 0.1) is 11.4 Å². The number of benzene rings is 1. The normalized spacial score (nSPS) is 13.7. The number of rotatable bonds is 7. The molecule has 142 valence electrons. The molecule has 0 radical (unpaired) electrons. The number of likely N-dealkylation sites (N-methyl/N-ethyl adjacent to an activating group) is 1. The third-order valence-corrected chi connectivity index (χ3v) is 6.13. The van der Waals surface area contributed by atoms with E-state index in [2.05, 4.69) is 34.2 Å². The second kappa shape index (κ2) is 8.23. The molecular weight excluding hydrogens is 358 g/mol. The van der Waals surface area contributed by atoms with E-state index < -0.39 is 0 Å². The molecule has 4 rings (SSSR count). The minimum absolute atomic E-state index is 0.620. The van der Waals surface area contributed by atoms with Crippen LogP contribution in [0.25, 0.3) is 10.8 Å². The summed E-state index contributed by atoms with van der Waals surface area (Å²) in [5.74, 6) is 2.23. The topological polar surface area (TPSA) is 51.4 Å². The third-order valence-electron chi connectivity index (χ3n) is 4.90. The Bertz CT molecular complexity index is 879. The molecule has 2 heterocycles. The Kier molecular flexibility index (Phi) is 5.55. The van der Waals surface area contributed by atoms with Crippen LogP contribution in [0.1, 0.15) is 34.7 Å². The highest BCUT2D eigenvalue weighted by Crippen LogP contribution is 2.35. The van der Waals surface area contributed by atoms with Crippen molar-refractivity contribution < 1.29 is 9.15 Å². The summed E-state index contributed by atoms with van der Waals surface area (Å²) >= 11 is 1.80. The first kappa shape index (κ1) is 18.2. The number of aryl methyl sites for hydroxylation is 3. The summed E-state index contributed by atoms with van der Waals surface area (Å²) < 4.78 is 11.8. The standard InChI is InChI=1S/C21H25N3O2S/c1-15-7-3-5-9-17(15)25-12-11-24(2)14-20-22-23-21(26-20)19-13-16-8-4-6-10-18(16)27-19/h3,5,7,9,13H,4,6,8,10-12,14H2,1-2H3. The predicted octanol–water partition coefficient (Wildman–Crippen LogP) is 4.50. The van der Waals surface area contributed by atoms with Gasteiger partial charge in [0.2, 0.25) is 5.89 Å². The van der Waals surface area contributed by atoms with Crippen LogP contribution in [0.4, 0.5) is 0 Å². The third kappa shape index (κ3) is 4.39. The fourth-order valence-electron chi connectivity index (χ4n) is 3.35. The summed E-state index contributed by atoms with van der Waals surface area (Å²) in [6.07, 6.45) is 4.94. The SMILES string of the molecule is Cc1ccccc1OCCN(C)Cc1nnc(-c2cc3c(s2)CCCC3)o1. The first-order chi connectivity index (χ1) is 13.2. The fourth-order valence-corrected chi connectivity index (χ4v) is 4.53. The van der Waals surface area contributed by atoms with Gasteiger partial charge in [0.25, 0.3) is 5.89 Å². The van der Waals surface area contributed by atoms with Gasteiger partial charge in [0.15, 0.2) is 0 Å². The van der Waals surface area contributed by atoms with Gasteiger partial charge in [-0.05, 0) is 62.9 Å². The van der Waals surface area contributed by atoms with Gasteiger partial charge in [0.1, 0.15) is 12.4 Å². The number of para-hydroxylation sites is 1. The van der Waals surface area contributed by atoms with Crippen molar-refractivity contribution in [3.8, 4) is 16.5 Å². The van der Waals surface area contributed by atoms with E-state index in [0.717, 1.165) is 22.7 Å². The molecule has 1 aliphatic carbocycles. The number of hydrogen-bond donors (Lipinski definition) is 0. The molecule has 2 aromatic heterocycles. The van der Waals surface area contributed by atoms with Gasteiger partial charge in [-0.3, -0.25) is 4.90 Å². The van der Waals surface area contributed by atoms with Crippen LogP contribution in [-0.4, -0.2) is 35.3 Å². The van der Waals surface area contributed by atoms with E-state index in [-0.39, 0.29) is 0 Å². The largest absolute Gasteiger partial charge is 0.492 e. The number of nitrogens with zero attached hydrogens (tertiary/aromatic N) is 3. The van der Waals surface area contributed by atoms with Gasteiger partial charge in [0, 0.05) is 11.4 Å². The Hall–Kier alpha value is -2.18. The van der Waals surface area contributed by atoms with Gasteiger partial charge >= 0.3 is 0 Å². The highest BCUT2D eigenvalue weighted by atomic mass is 32.1. The average molecular weight is 384 g/mol. The summed E-state index contributed by atoms with van der Waals surface area (Å²) in [7, 11) is 2.04. The minimum atomic E-state index is 0.620. The molecule has 0 spiro atoms. The molecule has 0 saturated heterocycles. The average Bonchev–Trinajstić information content (AvgIpc) is 3.29. The quantitative estimate of drug-likeness (QED) is 0.601. The summed E-state index contributed by atoms with van der Waals surface area (Å²) in [5, 5.41) is 8.48. The maximum absolute atomic E-state index is 5.91. The van der Waals surface area contributed by atoms with Crippen LogP contribution < -0.4 is 4.74 Å². The Balaban J connectivity index is 1.31. The van der Waals surface area contributed by atoms with E-state index in [4.69, 9.17) is 9.15 Å². The van der Waals surface area contributed by atoms with Crippen LogP contribution in [0.3, 0.4) is 0 Å². The molecule has 0 unspecified atom stereocenters. The molecule has 0 saturated carbocycles. The lowest BCUT2D eigenvalue weighted by atomic mass is 9.99. The van der Waals surface area contributed by atoms with Crippen molar-refractivity contribution in [3.05, 3.63) is 52.2 Å². The molecule has 1 aromatic carbocycles. The number of thiophene rings is 1. The van der Waals surface area contributed by atoms with Crippen LogP contribution in [0.5, 0.6) is 5.75 Å². The molecule has 6 heteroatoms. The summed E-state index contributed by atoms with van der Waals surface area (Å²) in [4.78, 5) is 4.72. The molecular formula is C21H25N3O2S. The van der Waals surface area contributed by atoms with E-state index in [1.165, 1.54) is 36.1 Å². The van der Waals surface area contributed by atoms with Gasteiger partial charge < -0.3 is 9.15 Å². The van der Waals surface area contributed by atoms with Gasteiger partial charge in [-0.2, -0.15) is 0 Å². The lowest BCUT2D eigenvalue weighted by Gasteiger charge is -2.15. The molecule has 0 N–H and O–H groups in total. The molecule has 5 nitrogen and oxygen atoms in total. The monoisotopic (exact) mass is 383 g/mol. The predicted molar refractivity (Wildman–Crippen MR) is 107 cm³/mol. The van der Waals surface area contributed by atoms with Crippen LogP contribution in [0, 0.1) is 6.92 Å². The van der Waals surface area contributed by atoms with E-state index in [1.807, 2.05) is 25.2 Å². The van der Waals surface area contributed by atoms with Gasteiger partial charge in [-0.25, -0.2) is 0 Å². The minimum Gasteiger partial charge on any atom is -0.492 e. The zero-order chi connectivity index (χ0) is 18.6. The summed E-state index contributed by atoms with van der Waals surface area (Å²) in [5.41, 5.74) is 2.62. The van der Waals surface area contributed by atoms with Crippen molar-refractivity contribution in [3.63, 3.8) is 0 Å².